The highest BCUT2D eigenvalue weighted by molar-refractivity contribution is 5.87. The molecule has 9 atom stereocenters. The highest BCUT2D eigenvalue weighted by atomic mass is 16.5. The zero-order valence-corrected chi connectivity index (χ0v) is 22.2. The minimum Gasteiger partial charge on any atom is -0.512 e. The maximum absolute atomic E-state index is 14.0. The van der Waals surface area contributed by atoms with Gasteiger partial charge in [0.2, 0.25) is 0 Å². The molecular weight excluding hydrogens is 424 g/mol. The molecule has 188 valence electrons. The second-order valence-electron chi connectivity index (χ2n) is 13.6. The van der Waals surface area contributed by atoms with Gasteiger partial charge in [0, 0.05) is 30.6 Å². The molecule has 0 heterocycles. The Morgan fingerprint density at radius 3 is 2.38 bits per heavy atom. The van der Waals surface area contributed by atoms with E-state index in [1.807, 2.05) is 0 Å². The fourth-order valence-corrected chi connectivity index (χ4v) is 9.85. The predicted molar refractivity (Wildman–Crippen MR) is 133 cm³/mol. The standard InChI is InChI=1S/C30H44O4/c1-16-8-9-19-14-21(33)27-26(25(19)17(16)2)20(32)15-23-29(6)13-11-24(34-18(3)31)28(4,5)22(29)10-12-30(23,27)7/h14,16-17,22-24,26-27,33H,8-13,15H2,1-7H3/t16-,17-,22-,23+,24-,26-,27-,29-,30+/m1/s1. The fraction of sp³-hybridized carbons (Fsp3) is 0.800. The first-order chi connectivity index (χ1) is 15.8. The molecule has 0 saturated heterocycles. The van der Waals surface area contributed by atoms with E-state index in [0.717, 1.165) is 38.5 Å². The lowest BCUT2D eigenvalue weighted by Gasteiger charge is -2.67. The van der Waals surface area contributed by atoms with E-state index in [0.29, 0.717) is 35.7 Å². The number of hydrogen-bond acceptors (Lipinski definition) is 4. The van der Waals surface area contributed by atoms with Gasteiger partial charge in [-0.25, -0.2) is 0 Å². The quantitative estimate of drug-likeness (QED) is 0.430. The minimum atomic E-state index is -0.199. The van der Waals surface area contributed by atoms with E-state index >= 15 is 0 Å². The Morgan fingerprint density at radius 1 is 1.03 bits per heavy atom. The molecular formula is C30H44O4. The summed E-state index contributed by atoms with van der Waals surface area (Å²) in [5.41, 5.74) is 2.34. The molecule has 3 fully saturated rings. The van der Waals surface area contributed by atoms with Crippen LogP contribution in [0.5, 0.6) is 0 Å². The molecule has 0 aromatic rings. The van der Waals surface area contributed by atoms with Crippen LogP contribution in [0.25, 0.3) is 0 Å². The summed E-state index contributed by atoms with van der Waals surface area (Å²) in [7, 11) is 0. The van der Waals surface area contributed by atoms with E-state index in [1.54, 1.807) is 0 Å². The summed E-state index contributed by atoms with van der Waals surface area (Å²) in [5, 5.41) is 11.5. The average molecular weight is 469 g/mol. The van der Waals surface area contributed by atoms with Crippen LogP contribution in [0.2, 0.25) is 0 Å². The number of ketones is 1. The molecule has 0 aromatic carbocycles. The number of fused-ring (bicyclic) bond motifs is 6. The summed E-state index contributed by atoms with van der Waals surface area (Å²) >= 11 is 0. The SMILES string of the molecule is CC(=O)O[C@@H]1CC[C@@]2(C)[C@@H]3CC(=O)[C@@H]4C5=C(C=C(O)[C@H]4[C@@]3(C)CC[C@@H]2C1(C)C)CC[C@@H](C)[C@H]5C. The number of aliphatic hydroxyl groups is 1. The summed E-state index contributed by atoms with van der Waals surface area (Å²) in [6, 6.07) is 0. The summed E-state index contributed by atoms with van der Waals surface area (Å²) < 4.78 is 5.81. The van der Waals surface area contributed by atoms with E-state index in [9.17, 15) is 14.7 Å². The lowest BCUT2D eigenvalue weighted by molar-refractivity contribution is -0.207. The molecule has 1 N–H and O–H groups in total. The first kappa shape index (κ1) is 24.1. The summed E-state index contributed by atoms with van der Waals surface area (Å²) in [6.07, 6.45) is 8.58. The van der Waals surface area contributed by atoms with Gasteiger partial charge in [0.15, 0.2) is 0 Å². The molecule has 0 bridgehead atoms. The van der Waals surface area contributed by atoms with Gasteiger partial charge in [-0.3, -0.25) is 9.59 Å². The second-order valence-corrected chi connectivity index (χ2v) is 13.6. The number of allylic oxidation sites excluding steroid dienone is 4. The van der Waals surface area contributed by atoms with Crippen LogP contribution < -0.4 is 0 Å². The van der Waals surface area contributed by atoms with Crippen LogP contribution in [0, 0.1) is 51.8 Å². The lowest BCUT2D eigenvalue weighted by Crippen LogP contribution is -2.64. The smallest absolute Gasteiger partial charge is 0.302 e. The van der Waals surface area contributed by atoms with Crippen molar-refractivity contribution in [2.24, 2.45) is 51.8 Å². The normalized spacial score (nSPS) is 47.6. The van der Waals surface area contributed by atoms with Crippen molar-refractivity contribution >= 4 is 11.8 Å². The molecule has 5 aliphatic rings. The molecule has 4 heteroatoms. The Bertz CT molecular complexity index is 972. The summed E-state index contributed by atoms with van der Waals surface area (Å²) in [5.74, 6) is 1.96. The van der Waals surface area contributed by atoms with Gasteiger partial charge in [-0.05, 0) is 84.7 Å². The monoisotopic (exact) mass is 468 g/mol. The van der Waals surface area contributed by atoms with Crippen LogP contribution in [0.15, 0.2) is 23.0 Å². The number of carbonyl (C=O) groups is 2. The Hall–Kier alpha value is -1.58. The third-order valence-corrected chi connectivity index (χ3v) is 11.7. The van der Waals surface area contributed by atoms with Gasteiger partial charge in [-0.2, -0.15) is 0 Å². The highest BCUT2D eigenvalue weighted by Gasteiger charge is 2.67. The number of ether oxygens (including phenoxy) is 1. The lowest BCUT2D eigenvalue weighted by atomic mass is 9.37. The topological polar surface area (TPSA) is 63.6 Å². The Morgan fingerprint density at radius 2 is 1.71 bits per heavy atom. The van der Waals surface area contributed by atoms with Crippen molar-refractivity contribution in [2.75, 3.05) is 0 Å². The van der Waals surface area contributed by atoms with Crippen molar-refractivity contribution in [3.63, 3.8) is 0 Å². The average Bonchev–Trinajstić information content (AvgIpc) is 2.74. The van der Waals surface area contributed by atoms with Crippen molar-refractivity contribution in [2.45, 2.75) is 99.5 Å². The van der Waals surface area contributed by atoms with Crippen molar-refractivity contribution in [1.29, 1.82) is 0 Å². The maximum Gasteiger partial charge on any atom is 0.302 e. The van der Waals surface area contributed by atoms with Crippen LogP contribution in [0.1, 0.15) is 93.4 Å². The molecule has 0 radical (unpaired) electrons. The minimum absolute atomic E-state index is 0.00576. The zero-order valence-electron chi connectivity index (χ0n) is 22.2. The maximum atomic E-state index is 14.0. The predicted octanol–water partition coefficient (Wildman–Crippen LogP) is 6.80. The van der Waals surface area contributed by atoms with Gasteiger partial charge in [0.1, 0.15) is 11.9 Å². The second kappa shape index (κ2) is 7.71. The molecule has 5 aliphatic carbocycles. The number of carbonyl (C=O) groups excluding carboxylic acids is 2. The molecule has 4 nitrogen and oxygen atoms in total. The van der Waals surface area contributed by atoms with E-state index in [2.05, 4.69) is 47.6 Å². The van der Waals surface area contributed by atoms with Gasteiger partial charge in [0.05, 0.1) is 5.76 Å². The Kier molecular flexibility index (Phi) is 5.47. The first-order valence-electron chi connectivity index (χ1n) is 13.7. The van der Waals surface area contributed by atoms with Gasteiger partial charge >= 0.3 is 5.97 Å². The fourth-order valence-electron chi connectivity index (χ4n) is 9.85. The van der Waals surface area contributed by atoms with Crippen LogP contribution >= 0.6 is 0 Å². The number of hydrogen-bond donors (Lipinski definition) is 1. The van der Waals surface area contributed by atoms with Gasteiger partial charge in [0.25, 0.3) is 0 Å². The molecule has 0 aromatic heterocycles. The van der Waals surface area contributed by atoms with Crippen molar-refractivity contribution in [3.8, 4) is 0 Å². The third kappa shape index (κ3) is 3.15. The van der Waals surface area contributed by atoms with Gasteiger partial charge in [-0.1, -0.05) is 47.1 Å². The Labute approximate surface area is 205 Å². The molecule has 0 unspecified atom stereocenters. The van der Waals surface area contributed by atoms with E-state index < -0.39 is 0 Å². The van der Waals surface area contributed by atoms with Crippen LogP contribution in [-0.4, -0.2) is 23.0 Å². The zero-order chi connectivity index (χ0) is 24.8. The van der Waals surface area contributed by atoms with E-state index in [-0.39, 0.29) is 46.1 Å². The van der Waals surface area contributed by atoms with Crippen LogP contribution in [0.3, 0.4) is 0 Å². The molecule has 0 spiro atoms. The largest absolute Gasteiger partial charge is 0.512 e. The van der Waals surface area contributed by atoms with E-state index in [4.69, 9.17) is 4.74 Å². The number of aliphatic hydroxyl groups excluding tert-OH is 1. The first-order valence-corrected chi connectivity index (χ1v) is 13.7. The molecule has 0 aliphatic heterocycles. The van der Waals surface area contributed by atoms with Crippen LogP contribution in [-0.2, 0) is 14.3 Å². The third-order valence-electron chi connectivity index (χ3n) is 11.7. The molecule has 3 saturated carbocycles. The van der Waals surface area contributed by atoms with Crippen LogP contribution in [0.4, 0.5) is 0 Å². The summed E-state index contributed by atoms with van der Waals surface area (Å²) in [6.45, 7) is 15.4. The van der Waals surface area contributed by atoms with Gasteiger partial charge < -0.3 is 9.84 Å². The summed E-state index contributed by atoms with van der Waals surface area (Å²) in [4.78, 5) is 25.8. The Balaban J connectivity index is 1.54. The number of Topliss-reactive ketones (excluding diaryl/α,β-unsaturated/α-hetero) is 1. The van der Waals surface area contributed by atoms with E-state index in [1.165, 1.54) is 18.1 Å². The molecule has 34 heavy (non-hydrogen) atoms. The highest BCUT2D eigenvalue weighted by Crippen LogP contribution is 2.71. The molecule has 5 rings (SSSR count). The van der Waals surface area contributed by atoms with Crippen molar-refractivity contribution < 1.29 is 19.4 Å². The number of rotatable bonds is 1. The number of esters is 1. The van der Waals surface area contributed by atoms with Crippen molar-refractivity contribution in [3.05, 3.63) is 23.0 Å². The van der Waals surface area contributed by atoms with Gasteiger partial charge in [-0.15, -0.1) is 0 Å². The van der Waals surface area contributed by atoms with Crippen molar-refractivity contribution in [1.82, 2.24) is 0 Å². The molecule has 0 amide bonds.